The summed E-state index contributed by atoms with van der Waals surface area (Å²) >= 11 is 6.10. The van der Waals surface area contributed by atoms with E-state index in [1.165, 1.54) is 0 Å². The number of nitrogens with zero attached hydrogens (tertiary/aromatic N) is 2. The molecule has 0 amide bonds. The van der Waals surface area contributed by atoms with Crippen molar-refractivity contribution in [2.45, 2.75) is 20.4 Å². The molecule has 0 spiro atoms. The van der Waals surface area contributed by atoms with Gasteiger partial charge in [-0.2, -0.15) is 0 Å². The number of hydrogen-bond acceptors (Lipinski definition) is 4. The molecule has 0 unspecified atom stereocenters. The summed E-state index contributed by atoms with van der Waals surface area (Å²) in [4.78, 5) is 8.58. The lowest BCUT2D eigenvalue weighted by atomic mass is 10.3. The summed E-state index contributed by atoms with van der Waals surface area (Å²) < 4.78 is 5.72. The standard InChI is InChI=1S/C14H16ClN3O/c1-3-16-9-12-11(15)6-7-14(18-12)19-13-5-4-8-17-10(13)2/h4-8,16H,3,9H2,1-2H3. The van der Waals surface area contributed by atoms with Crippen LogP contribution in [-0.4, -0.2) is 16.5 Å². The summed E-state index contributed by atoms with van der Waals surface area (Å²) in [6, 6.07) is 7.24. The first kappa shape index (κ1) is 13.8. The van der Waals surface area contributed by atoms with E-state index in [1.54, 1.807) is 18.3 Å². The van der Waals surface area contributed by atoms with Gasteiger partial charge in [0.2, 0.25) is 5.88 Å². The van der Waals surface area contributed by atoms with Crippen LogP contribution in [0, 0.1) is 6.92 Å². The van der Waals surface area contributed by atoms with Gasteiger partial charge in [0.25, 0.3) is 0 Å². The van der Waals surface area contributed by atoms with E-state index in [9.17, 15) is 0 Å². The molecule has 0 radical (unpaired) electrons. The molecule has 2 aromatic heterocycles. The predicted octanol–water partition coefficient (Wildman–Crippen LogP) is 3.34. The van der Waals surface area contributed by atoms with Crippen molar-refractivity contribution in [1.29, 1.82) is 0 Å². The van der Waals surface area contributed by atoms with Crippen molar-refractivity contribution < 1.29 is 4.74 Å². The molecule has 1 N–H and O–H groups in total. The van der Waals surface area contributed by atoms with Crippen LogP contribution in [0.25, 0.3) is 0 Å². The van der Waals surface area contributed by atoms with Crippen molar-refractivity contribution in [3.8, 4) is 11.6 Å². The van der Waals surface area contributed by atoms with Crippen LogP contribution in [0.1, 0.15) is 18.3 Å². The normalized spacial score (nSPS) is 10.5. The summed E-state index contributed by atoms with van der Waals surface area (Å²) in [6.07, 6.45) is 1.73. The van der Waals surface area contributed by atoms with E-state index in [0.717, 1.165) is 17.9 Å². The van der Waals surface area contributed by atoms with Crippen LogP contribution in [0.4, 0.5) is 0 Å². The molecule has 0 atom stereocenters. The molecule has 0 aliphatic rings. The second-order valence-corrected chi connectivity index (χ2v) is 4.45. The largest absolute Gasteiger partial charge is 0.437 e. The Bertz CT molecular complexity index is 560. The number of rotatable bonds is 5. The Morgan fingerprint density at radius 2 is 2.16 bits per heavy atom. The Morgan fingerprint density at radius 1 is 1.32 bits per heavy atom. The number of hydrogen-bond donors (Lipinski definition) is 1. The van der Waals surface area contributed by atoms with Gasteiger partial charge in [0.15, 0.2) is 5.75 Å². The number of aromatic nitrogens is 2. The van der Waals surface area contributed by atoms with Crippen LogP contribution >= 0.6 is 11.6 Å². The maximum Gasteiger partial charge on any atom is 0.219 e. The number of pyridine rings is 2. The lowest BCUT2D eigenvalue weighted by molar-refractivity contribution is 0.453. The molecular formula is C14H16ClN3O. The highest BCUT2D eigenvalue weighted by atomic mass is 35.5. The third-order valence-corrected chi connectivity index (χ3v) is 2.95. The van der Waals surface area contributed by atoms with Crippen molar-refractivity contribution in [2.24, 2.45) is 0 Å². The first-order chi connectivity index (χ1) is 9.20. The molecule has 0 aliphatic carbocycles. The number of halogens is 1. The van der Waals surface area contributed by atoms with Crippen LogP contribution in [0.5, 0.6) is 11.6 Å². The summed E-state index contributed by atoms with van der Waals surface area (Å²) in [5.74, 6) is 1.22. The van der Waals surface area contributed by atoms with Crippen LogP contribution in [0.2, 0.25) is 5.02 Å². The van der Waals surface area contributed by atoms with Gasteiger partial charge >= 0.3 is 0 Å². The van der Waals surface area contributed by atoms with Crippen molar-refractivity contribution in [3.05, 3.63) is 46.9 Å². The fourth-order valence-corrected chi connectivity index (χ4v) is 1.75. The first-order valence-corrected chi connectivity index (χ1v) is 6.54. The maximum absolute atomic E-state index is 6.10. The highest BCUT2D eigenvalue weighted by Crippen LogP contribution is 2.24. The minimum atomic E-state index is 0.522. The Morgan fingerprint density at radius 3 is 2.89 bits per heavy atom. The zero-order valence-corrected chi connectivity index (χ0v) is 11.7. The van der Waals surface area contributed by atoms with Gasteiger partial charge in [-0.15, -0.1) is 0 Å². The fourth-order valence-electron chi connectivity index (χ4n) is 1.58. The van der Waals surface area contributed by atoms with Gasteiger partial charge in [0.05, 0.1) is 16.4 Å². The van der Waals surface area contributed by atoms with Crippen LogP contribution in [-0.2, 0) is 6.54 Å². The van der Waals surface area contributed by atoms with E-state index < -0.39 is 0 Å². The Balaban J connectivity index is 2.19. The highest BCUT2D eigenvalue weighted by molar-refractivity contribution is 6.31. The van der Waals surface area contributed by atoms with Gasteiger partial charge in [-0.1, -0.05) is 18.5 Å². The lowest BCUT2D eigenvalue weighted by Crippen LogP contribution is -2.13. The van der Waals surface area contributed by atoms with Crippen molar-refractivity contribution >= 4 is 11.6 Å². The van der Waals surface area contributed by atoms with Gasteiger partial charge < -0.3 is 10.1 Å². The molecule has 0 saturated heterocycles. The molecule has 100 valence electrons. The minimum absolute atomic E-state index is 0.522. The highest BCUT2D eigenvalue weighted by Gasteiger charge is 2.07. The topological polar surface area (TPSA) is 47.0 Å². The fraction of sp³-hybridized carbons (Fsp3) is 0.286. The predicted molar refractivity (Wildman–Crippen MR) is 75.7 cm³/mol. The molecule has 2 aromatic rings. The molecule has 2 heterocycles. The maximum atomic E-state index is 6.10. The van der Waals surface area contributed by atoms with E-state index in [-0.39, 0.29) is 0 Å². The molecule has 0 aliphatic heterocycles. The van der Waals surface area contributed by atoms with Gasteiger partial charge in [0.1, 0.15) is 0 Å². The number of aryl methyl sites for hydroxylation is 1. The van der Waals surface area contributed by atoms with Crippen molar-refractivity contribution in [3.63, 3.8) is 0 Å². The van der Waals surface area contributed by atoms with E-state index in [2.05, 4.69) is 15.3 Å². The van der Waals surface area contributed by atoms with Gasteiger partial charge in [-0.25, -0.2) is 4.98 Å². The molecule has 0 fully saturated rings. The van der Waals surface area contributed by atoms with Crippen molar-refractivity contribution in [2.75, 3.05) is 6.54 Å². The minimum Gasteiger partial charge on any atom is -0.437 e. The molecule has 2 rings (SSSR count). The summed E-state index contributed by atoms with van der Waals surface area (Å²) in [5.41, 5.74) is 1.61. The van der Waals surface area contributed by atoms with Gasteiger partial charge in [-0.3, -0.25) is 4.98 Å². The zero-order valence-electron chi connectivity index (χ0n) is 11.0. The average Bonchev–Trinajstić information content (AvgIpc) is 2.42. The number of ether oxygens (including phenoxy) is 1. The average molecular weight is 278 g/mol. The van der Waals surface area contributed by atoms with Gasteiger partial charge in [0, 0.05) is 18.8 Å². The molecule has 4 nitrogen and oxygen atoms in total. The number of nitrogens with one attached hydrogen (secondary N) is 1. The second-order valence-electron chi connectivity index (χ2n) is 4.05. The molecule has 19 heavy (non-hydrogen) atoms. The monoisotopic (exact) mass is 277 g/mol. The smallest absolute Gasteiger partial charge is 0.219 e. The molecule has 0 saturated carbocycles. The quantitative estimate of drug-likeness (QED) is 0.910. The summed E-state index contributed by atoms with van der Waals surface area (Å²) in [5, 5.41) is 3.83. The second kappa shape index (κ2) is 6.50. The van der Waals surface area contributed by atoms with E-state index >= 15 is 0 Å². The Kier molecular flexibility index (Phi) is 4.71. The van der Waals surface area contributed by atoms with Crippen LogP contribution in [0.3, 0.4) is 0 Å². The SMILES string of the molecule is CCNCc1nc(Oc2cccnc2C)ccc1Cl. The zero-order chi connectivity index (χ0) is 13.7. The molecular weight excluding hydrogens is 262 g/mol. The Hall–Kier alpha value is -1.65. The molecule has 0 bridgehead atoms. The third kappa shape index (κ3) is 3.66. The molecule has 0 aromatic carbocycles. The third-order valence-electron chi connectivity index (χ3n) is 2.61. The summed E-state index contributed by atoms with van der Waals surface area (Å²) in [7, 11) is 0. The lowest BCUT2D eigenvalue weighted by Gasteiger charge is -2.09. The Labute approximate surface area is 117 Å². The van der Waals surface area contributed by atoms with E-state index in [0.29, 0.717) is 23.2 Å². The van der Waals surface area contributed by atoms with Crippen LogP contribution < -0.4 is 10.1 Å². The van der Waals surface area contributed by atoms with Crippen molar-refractivity contribution in [1.82, 2.24) is 15.3 Å². The van der Waals surface area contributed by atoms with E-state index in [1.807, 2.05) is 26.0 Å². The summed E-state index contributed by atoms with van der Waals surface area (Å²) in [6.45, 7) is 5.42. The van der Waals surface area contributed by atoms with Crippen LogP contribution in [0.15, 0.2) is 30.5 Å². The van der Waals surface area contributed by atoms with Gasteiger partial charge in [-0.05, 0) is 31.7 Å². The van der Waals surface area contributed by atoms with E-state index in [4.69, 9.17) is 16.3 Å². The molecule has 5 heteroatoms. The first-order valence-electron chi connectivity index (χ1n) is 6.16.